The molecule has 2 unspecified atom stereocenters. The molecule has 11 atom stereocenters. The van der Waals surface area contributed by atoms with Gasteiger partial charge < -0.3 is 14.2 Å². The summed E-state index contributed by atoms with van der Waals surface area (Å²) in [5, 5.41) is 0. The van der Waals surface area contributed by atoms with Gasteiger partial charge in [0, 0.05) is 19.4 Å². The number of hydrogen-bond donors (Lipinski definition) is 0. The van der Waals surface area contributed by atoms with E-state index in [1.54, 1.807) is 7.11 Å². The Kier molecular flexibility index (Phi) is 4.87. The lowest BCUT2D eigenvalue weighted by molar-refractivity contribution is -0.272. The summed E-state index contributed by atoms with van der Waals surface area (Å²) >= 11 is 0. The molecule has 6 aliphatic rings. The van der Waals surface area contributed by atoms with Gasteiger partial charge in [0.25, 0.3) is 0 Å². The average molecular weight is 443 g/mol. The summed E-state index contributed by atoms with van der Waals surface area (Å²) in [5.74, 6) is 3.75. The zero-order chi connectivity index (χ0) is 22.5. The third kappa shape index (κ3) is 2.75. The second-order valence-corrected chi connectivity index (χ2v) is 12.9. The van der Waals surface area contributed by atoms with Crippen molar-refractivity contribution in [3.63, 3.8) is 0 Å². The molecule has 4 nitrogen and oxygen atoms in total. The maximum absolute atomic E-state index is 12.5. The van der Waals surface area contributed by atoms with Crippen molar-refractivity contribution in [2.24, 2.45) is 46.3 Å². The molecule has 4 heteroatoms. The summed E-state index contributed by atoms with van der Waals surface area (Å²) in [7, 11) is 1.70. The Morgan fingerprint density at radius 2 is 1.91 bits per heavy atom. The van der Waals surface area contributed by atoms with Gasteiger partial charge in [-0.1, -0.05) is 33.3 Å². The van der Waals surface area contributed by atoms with Gasteiger partial charge in [0.15, 0.2) is 11.6 Å². The minimum absolute atomic E-state index is 0.118. The van der Waals surface area contributed by atoms with Gasteiger partial charge in [-0.15, -0.1) is 0 Å². The van der Waals surface area contributed by atoms with E-state index in [9.17, 15) is 4.79 Å². The Balaban J connectivity index is 1.28. The van der Waals surface area contributed by atoms with Crippen LogP contribution in [0.5, 0.6) is 0 Å². The maximum Gasteiger partial charge on any atom is 0.184 e. The molecule has 0 radical (unpaired) electrons. The molecule has 2 aliphatic heterocycles. The standard InChI is InChI=1S/C28H42O4/c1-16-8-11-28(31-15-16)17(2)25-23(32-28)13-21-19-7-6-18-12-22(29)24(30-5)14-27(18,4)20(19)9-10-26(21,25)3/h12,16-17,19-21,23-25H,6-11,13-15H2,1-5H3/t16?,17-,19+,20-,21-,23-,24?,25-,26-,27-,28+/m0/s1. The smallest absolute Gasteiger partial charge is 0.184 e. The Hall–Kier alpha value is -0.710. The molecule has 0 aromatic rings. The van der Waals surface area contributed by atoms with Crippen LogP contribution < -0.4 is 0 Å². The van der Waals surface area contributed by atoms with Gasteiger partial charge in [0.1, 0.15) is 6.10 Å². The van der Waals surface area contributed by atoms with Crippen LogP contribution in [0, 0.1) is 46.3 Å². The number of carbonyl (C=O) groups is 1. The summed E-state index contributed by atoms with van der Waals surface area (Å²) in [6.07, 6.45) is 11.3. The van der Waals surface area contributed by atoms with Crippen LogP contribution >= 0.6 is 0 Å². The van der Waals surface area contributed by atoms with Gasteiger partial charge in [-0.25, -0.2) is 0 Å². The number of carbonyl (C=O) groups excluding carboxylic acids is 1. The third-order valence-corrected chi connectivity index (χ3v) is 11.5. The van der Waals surface area contributed by atoms with Crippen molar-refractivity contribution in [3.05, 3.63) is 11.6 Å². The fourth-order valence-corrected chi connectivity index (χ4v) is 9.81. The van der Waals surface area contributed by atoms with E-state index in [0.717, 1.165) is 37.7 Å². The molecule has 178 valence electrons. The highest BCUT2D eigenvalue weighted by Gasteiger charge is 2.69. The Bertz CT molecular complexity index is 825. The highest BCUT2D eigenvalue weighted by molar-refractivity contribution is 5.95. The van der Waals surface area contributed by atoms with E-state index in [-0.39, 0.29) is 23.1 Å². The molecule has 32 heavy (non-hydrogen) atoms. The predicted octanol–water partition coefficient (Wildman–Crippen LogP) is 5.55. The van der Waals surface area contributed by atoms with Gasteiger partial charge in [0.2, 0.25) is 0 Å². The lowest BCUT2D eigenvalue weighted by Crippen LogP contribution is -2.53. The van der Waals surface area contributed by atoms with Crippen molar-refractivity contribution in [2.45, 2.75) is 97.1 Å². The van der Waals surface area contributed by atoms with Crippen molar-refractivity contribution in [2.75, 3.05) is 13.7 Å². The second-order valence-electron chi connectivity index (χ2n) is 12.9. The molecule has 1 spiro atoms. The second kappa shape index (κ2) is 7.15. The van der Waals surface area contributed by atoms with E-state index >= 15 is 0 Å². The van der Waals surface area contributed by atoms with Crippen LogP contribution in [-0.2, 0) is 19.0 Å². The first-order chi connectivity index (χ1) is 15.2. The van der Waals surface area contributed by atoms with Crippen LogP contribution in [0.15, 0.2) is 11.6 Å². The molecular weight excluding hydrogens is 400 g/mol. The molecule has 0 amide bonds. The first-order valence-electron chi connectivity index (χ1n) is 13.3. The number of methoxy groups -OCH3 is 1. The lowest BCUT2D eigenvalue weighted by Gasteiger charge is -2.59. The number of hydrogen-bond acceptors (Lipinski definition) is 4. The van der Waals surface area contributed by atoms with E-state index in [1.807, 2.05) is 6.08 Å². The van der Waals surface area contributed by atoms with E-state index in [0.29, 0.717) is 35.2 Å². The van der Waals surface area contributed by atoms with Crippen molar-refractivity contribution in [3.8, 4) is 0 Å². The van der Waals surface area contributed by atoms with Gasteiger partial charge >= 0.3 is 0 Å². The monoisotopic (exact) mass is 442 g/mol. The predicted molar refractivity (Wildman–Crippen MR) is 123 cm³/mol. The van der Waals surface area contributed by atoms with E-state index in [1.165, 1.54) is 37.7 Å². The van der Waals surface area contributed by atoms with Crippen molar-refractivity contribution in [1.29, 1.82) is 0 Å². The van der Waals surface area contributed by atoms with Crippen LogP contribution in [0.3, 0.4) is 0 Å². The van der Waals surface area contributed by atoms with E-state index < -0.39 is 0 Å². The maximum atomic E-state index is 12.5. The first kappa shape index (κ1) is 21.8. The first-order valence-corrected chi connectivity index (χ1v) is 13.3. The number of rotatable bonds is 1. The fraction of sp³-hybridized carbons (Fsp3) is 0.893. The molecule has 0 aromatic carbocycles. The topological polar surface area (TPSA) is 44.8 Å². The van der Waals surface area contributed by atoms with Crippen molar-refractivity contribution in [1.82, 2.24) is 0 Å². The lowest BCUT2D eigenvalue weighted by atomic mass is 9.46. The molecule has 5 fully saturated rings. The molecule has 0 N–H and O–H groups in total. The quantitative estimate of drug-likeness (QED) is 0.534. The molecule has 2 saturated heterocycles. The number of ketones is 1. The molecule has 4 aliphatic carbocycles. The molecule has 0 aromatic heterocycles. The summed E-state index contributed by atoms with van der Waals surface area (Å²) in [6, 6.07) is 0. The molecule has 6 rings (SSSR count). The van der Waals surface area contributed by atoms with Crippen LogP contribution in [0.2, 0.25) is 0 Å². The van der Waals surface area contributed by atoms with Gasteiger partial charge in [-0.3, -0.25) is 4.79 Å². The summed E-state index contributed by atoms with van der Waals surface area (Å²) in [5.41, 5.74) is 1.88. The van der Waals surface area contributed by atoms with Crippen LogP contribution in [-0.4, -0.2) is 37.5 Å². The highest BCUT2D eigenvalue weighted by Crippen LogP contribution is 2.70. The van der Waals surface area contributed by atoms with Gasteiger partial charge in [0.05, 0.1) is 12.7 Å². The van der Waals surface area contributed by atoms with Crippen LogP contribution in [0.4, 0.5) is 0 Å². The van der Waals surface area contributed by atoms with Crippen molar-refractivity contribution < 1.29 is 19.0 Å². The zero-order valence-corrected chi connectivity index (χ0v) is 20.7. The summed E-state index contributed by atoms with van der Waals surface area (Å²) < 4.78 is 19.0. The number of allylic oxidation sites excluding steroid dienone is 1. The SMILES string of the molecule is COC1C[C@@]2(C)C(=CC1=O)CC[C@H]1[C@@H]3C[C@@H]4O[C@]5(CCC(C)CO5)[C@@H](C)[C@@H]4[C@@]3(C)CC[C@@H]12. The van der Waals surface area contributed by atoms with Gasteiger partial charge in [-0.2, -0.15) is 0 Å². The van der Waals surface area contributed by atoms with Crippen LogP contribution in [0.1, 0.15) is 79.1 Å². The van der Waals surface area contributed by atoms with Crippen LogP contribution in [0.25, 0.3) is 0 Å². The largest absolute Gasteiger partial charge is 0.373 e. The average Bonchev–Trinajstić information content (AvgIpc) is 3.21. The Labute approximate surface area is 193 Å². The van der Waals surface area contributed by atoms with Gasteiger partial charge in [-0.05, 0) is 91.4 Å². The van der Waals surface area contributed by atoms with E-state index in [4.69, 9.17) is 14.2 Å². The number of ether oxygens (including phenoxy) is 3. The molecular formula is C28H42O4. The Morgan fingerprint density at radius 3 is 2.62 bits per heavy atom. The normalized spacial score (nSPS) is 56.9. The highest BCUT2D eigenvalue weighted by atomic mass is 16.7. The fourth-order valence-electron chi connectivity index (χ4n) is 9.81. The molecule has 3 saturated carbocycles. The zero-order valence-electron chi connectivity index (χ0n) is 20.7. The minimum atomic E-state index is -0.323. The summed E-state index contributed by atoms with van der Waals surface area (Å²) in [6.45, 7) is 10.6. The number of fused-ring (bicyclic) bond motifs is 7. The third-order valence-electron chi connectivity index (χ3n) is 11.5. The minimum Gasteiger partial charge on any atom is -0.373 e. The molecule has 2 heterocycles. The summed E-state index contributed by atoms with van der Waals surface area (Å²) in [4.78, 5) is 12.5. The Morgan fingerprint density at radius 1 is 1.09 bits per heavy atom. The molecule has 0 bridgehead atoms. The van der Waals surface area contributed by atoms with Crippen molar-refractivity contribution >= 4 is 5.78 Å². The van der Waals surface area contributed by atoms with E-state index in [2.05, 4.69) is 27.7 Å².